The molecule has 1 aromatic rings. The van der Waals surface area contributed by atoms with Crippen LogP contribution < -0.4 is 4.74 Å². The van der Waals surface area contributed by atoms with E-state index in [4.69, 9.17) is 9.47 Å². The fourth-order valence-corrected chi connectivity index (χ4v) is 0.926. The third-order valence-corrected chi connectivity index (χ3v) is 1.64. The first-order valence-corrected chi connectivity index (χ1v) is 4.62. The van der Waals surface area contributed by atoms with Crippen molar-refractivity contribution in [3.8, 4) is 5.75 Å². The minimum absolute atomic E-state index is 0.264. The average molecular weight is 224 g/mol. The van der Waals surface area contributed by atoms with E-state index in [0.29, 0.717) is 5.75 Å². The number of carbonyl (C=O) groups excluding carboxylic acids is 2. The highest BCUT2D eigenvalue weighted by atomic mass is 16.6. The number of hydrogen-bond acceptors (Lipinski definition) is 5. The number of ether oxygens (including phenoxy) is 3. The maximum Gasteiger partial charge on any atom is 0.337 e. The Labute approximate surface area is 92.9 Å². The molecule has 0 radical (unpaired) electrons. The van der Waals surface area contributed by atoms with Gasteiger partial charge in [-0.1, -0.05) is 18.2 Å². The van der Waals surface area contributed by atoms with Crippen molar-refractivity contribution < 1.29 is 23.8 Å². The molecule has 0 aliphatic carbocycles. The van der Waals surface area contributed by atoms with Crippen LogP contribution in [0, 0.1) is 0 Å². The Morgan fingerprint density at radius 2 is 1.69 bits per heavy atom. The van der Waals surface area contributed by atoms with E-state index in [1.54, 1.807) is 24.3 Å². The van der Waals surface area contributed by atoms with Gasteiger partial charge in [-0.15, -0.1) is 0 Å². The minimum Gasteiger partial charge on any atom is -0.467 e. The zero-order chi connectivity index (χ0) is 11.8. The van der Waals surface area contributed by atoms with E-state index in [1.165, 1.54) is 7.11 Å². The first-order chi connectivity index (χ1) is 7.72. The molecule has 0 atom stereocenters. The molecule has 0 amide bonds. The molecule has 1 rings (SSSR count). The van der Waals surface area contributed by atoms with Crippen LogP contribution in [0.2, 0.25) is 0 Å². The summed E-state index contributed by atoms with van der Waals surface area (Å²) in [5.41, 5.74) is 0. The molecule has 16 heavy (non-hydrogen) atoms. The van der Waals surface area contributed by atoms with E-state index in [-0.39, 0.29) is 13.2 Å². The number of rotatable bonds is 5. The van der Waals surface area contributed by atoms with Crippen LogP contribution in [-0.2, 0) is 19.1 Å². The van der Waals surface area contributed by atoms with Crippen molar-refractivity contribution in [1.29, 1.82) is 0 Å². The maximum atomic E-state index is 11.2. The third-order valence-electron chi connectivity index (χ3n) is 1.64. The van der Waals surface area contributed by atoms with Crippen LogP contribution in [-0.4, -0.2) is 32.3 Å². The summed E-state index contributed by atoms with van der Waals surface area (Å²) in [4.78, 5) is 21.8. The molecule has 0 aliphatic rings. The van der Waals surface area contributed by atoms with E-state index < -0.39 is 11.9 Å². The van der Waals surface area contributed by atoms with Gasteiger partial charge in [0.25, 0.3) is 0 Å². The normalized spacial score (nSPS) is 9.56. The predicted octanol–water partition coefficient (Wildman–Crippen LogP) is 0.782. The zero-order valence-electron chi connectivity index (χ0n) is 8.84. The summed E-state index contributed by atoms with van der Waals surface area (Å²) in [5, 5.41) is 0. The van der Waals surface area contributed by atoms with Gasteiger partial charge in [-0.25, -0.2) is 9.59 Å². The van der Waals surface area contributed by atoms with Crippen LogP contribution in [0.4, 0.5) is 0 Å². The highest BCUT2D eigenvalue weighted by Crippen LogP contribution is 2.08. The summed E-state index contributed by atoms with van der Waals surface area (Å²) < 4.78 is 14.0. The SMILES string of the molecule is COC(=O)COCC(=O)Oc1ccccc1. The Bertz CT molecular complexity index is 347. The minimum atomic E-state index is -0.560. The van der Waals surface area contributed by atoms with Crippen molar-refractivity contribution in [3.63, 3.8) is 0 Å². The van der Waals surface area contributed by atoms with Crippen molar-refractivity contribution in [2.24, 2.45) is 0 Å². The standard InChI is InChI=1S/C11H12O5/c1-14-10(12)7-15-8-11(13)16-9-5-3-2-4-6-9/h2-6H,7-8H2,1H3. The van der Waals surface area contributed by atoms with Gasteiger partial charge in [-0.2, -0.15) is 0 Å². The lowest BCUT2D eigenvalue weighted by molar-refractivity contribution is -0.149. The molecule has 0 aromatic heterocycles. The van der Waals surface area contributed by atoms with Crippen LogP contribution >= 0.6 is 0 Å². The van der Waals surface area contributed by atoms with Crippen LogP contribution in [0.3, 0.4) is 0 Å². The molecule has 0 saturated carbocycles. The Morgan fingerprint density at radius 1 is 1.06 bits per heavy atom. The molecule has 0 bridgehead atoms. The Kier molecular flexibility index (Phi) is 5.01. The molecule has 0 spiro atoms. The van der Waals surface area contributed by atoms with Gasteiger partial charge in [0.2, 0.25) is 0 Å². The molecule has 5 heteroatoms. The topological polar surface area (TPSA) is 61.8 Å². The second kappa shape index (κ2) is 6.58. The fraction of sp³-hybridized carbons (Fsp3) is 0.273. The van der Waals surface area contributed by atoms with Gasteiger partial charge in [0.15, 0.2) is 0 Å². The number of methoxy groups -OCH3 is 1. The first-order valence-electron chi connectivity index (χ1n) is 4.62. The molecule has 0 heterocycles. The van der Waals surface area contributed by atoms with Gasteiger partial charge in [0, 0.05) is 0 Å². The van der Waals surface area contributed by atoms with E-state index in [1.807, 2.05) is 6.07 Å². The molecule has 0 N–H and O–H groups in total. The van der Waals surface area contributed by atoms with Crippen molar-refractivity contribution in [2.75, 3.05) is 20.3 Å². The van der Waals surface area contributed by atoms with Crippen LogP contribution in [0.5, 0.6) is 5.75 Å². The summed E-state index contributed by atoms with van der Waals surface area (Å²) in [6.45, 7) is -0.551. The number of esters is 2. The summed E-state index contributed by atoms with van der Waals surface area (Å²) in [6, 6.07) is 8.61. The third kappa shape index (κ3) is 4.56. The van der Waals surface area contributed by atoms with Gasteiger partial charge >= 0.3 is 11.9 Å². The van der Waals surface area contributed by atoms with Gasteiger partial charge in [-0.3, -0.25) is 0 Å². The second-order valence-corrected chi connectivity index (χ2v) is 2.86. The summed E-state index contributed by atoms with van der Waals surface area (Å²) >= 11 is 0. The van der Waals surface area contributed by atoms with Gasteiger partial charge in [0.05, 0.1) is 7.11 Å². The zero-order valence-corrected chi connectivity index (χ0v) is 8.84. The lowest BCUT2D eigenvalue weighted by Gasteiger charge is -2.04. The predicted molar refractivity (Wildman–Crippen MR) is 54.9 cm³/mol. The Morgan fingerprint density at radius 3 is 2.31 bits per heavy atom. The van der Waals surface area contributed by atoms with Crippen LogP contribution in [0.25, 0.3) is 0 Å². The largest absolute Gasteiger partial charge is 0.467 e. The first kappa shape index (κ1) is 12.2. The van der Waals surface area contributed by atoms with Crippen LogP contribution in [0.1, 0.15) is 0 Å². The molecule has 0 saturated heterocycles. The monoisotopic (exact) mass is 224 g/mol. The highest BCUT2D eigenvalue weighted by molar-refractivity contribution is 5.74. The fourth-order valence-electron chi connectivity index (χ4n) is 0.926. The van der Waals surface area contributed by atoms with Crippen LogP contribution in [0.15, 0.2) is 30.3 Å². The Hall–Kier alpha value is -1.88. The lowest BCUT2D eigenvalue weighted by Crippen LogP contribution is -2.19. The Balaban J connectivity index is 2.24. The summed E-state index contributed by atoms with van der Waals surface area (Å²) in [7, 11) is 1.24. The molecule has 1 aromatic carbocycles. The second-order valence-electron chi connectivity index (χ2n) is 2.86. The molecule has 86 valence electrons. The number of hydrogen-bond donors (Lipinski definition) is 0. The van der Waals surface area contributed by atoms with E-state index in [2.05, 4.69) is 4.74 Å². The van der Waals surface area contributed by atoms with Gasteiger partial charge in [0.1, 0.15) is 19.0 Å². The quantitative estimate of drug-likeness (QED) is 0.546. The maximum absolute atomic E-state index is 11.2. The van der Waals surface area contributed by atoms with Crippen molar-refractivity contribution in [2.45, 2.75) is 0 Å². The molecule has 0 fully saturated rings. The van der Waals surface area contributed by atoms with E-state index >= 15 is 0 Å². The highest BCUT2D eigenvalue weighted by Gasteiger charge is 2.06. The number of para-hydroxylation sites is 1. The van der Waals surface area contributed by atoms with Crippen molar-refractivity contribution in [1.82, 2.24) is 0 Å². The lowest BCUT2D eigenvalue weighted by atomic mass is 10.3. The molecular weight excluding hydrogens is 212 g/mol. The van der Waals surface area contributed by atoms with Gasteiger partial charge in [-0.05, 0) is 12.1 Å². The molecular formula is C11H12O5. The van der Waals surface area contributed by atoms with Gasteiger partial charge < -0.3 is 14.2 Å². The summed E-state index contributed by atoms with van der Waals surface area (Å²) in [5.74, 6) is -0.656. The van der Waals surface area contributed by atoms with E-state index in [9.17, 15) is 9.59 Å². The molecule has 0 aliphatic heterocycles. The molecule has 5 nitrogen and oxygen atoms in total. The smallest absolute Gasteiger partial charge is 0.337 e. The van der Waals surface area contributed by atoms with E-state index in [0.717, 1.165) is 0 Å². The number of carbonyl (C=O) groups is 2. The number of benzene rings is 1. The van der Waals surface area contributed by atoms with Crippen molar-refractivity contribution >= 4 is 11.9 Å². The van der Waals surface area contributed by atoms with Crippen molar-refractivity contribution in [3.05, 3.63) is 30.3 Å². The summed E-state index contributed by atoms with van der Waals surface area (Å²) in [6.07, 6.45) is 0. The average Bonchev–Trinajstić information content (AvgIpc) is 2.30. The molecule has 0 unspecified atom stereocenters.